The van der Waals surface area contributed by atoms with Crippen LogP contribution in [0, 0.1) is 5.82 Å². The summed E-state index contributed by atoms with van der Waals surface area (Å²) >= 11 is 1.37. The number of hydrogen-bond acceptors (Lipinski definition) is 6. The molecule has 2 N–H and O–H groups in total. The number of nitrogens with zero attached hydrogens (tertiary/aromatic N) is 4. The van der Waals surface area contributed by atoms with Crippen LogP contribution in [0.1, 0.15) is 43.5 Å². The second-order valence-electron chi connectivity index (χ2n) is 6.38. The van der Waals surface area contributed by atoms with Gasteiger partial charge in [0.05, 0.1) is 24.1 Å². The van der Waals surface area contributed by atoms with Crippen molar-refractivity contribution >= 4 is 34.0 Å². The van der Waals surface area contributed by atoms with E-state index in [9.17, 15) is 9.18 Å². The molecule has 3 aromatic rings. The van der Waals surface area contributed by atoms with Gasteiger partial charge in [0.15, 0.2) is 0 Å². The third kappa shape index (κ3) is 6.08. The van der Waals surface area contributed by atoms with Gasteiger partial charge in [0, 0.05) is 18.2 Å². The van der Waals surface area contributed by atoms with Gasteiger partial charge in [-0.3, -0.25) is 4.79 Å². The Kier molecular flexibility index (Phi) is 9.08. The number of carbonyl (C=O) groups is 1. The fourth-order valence-electron chi connectivity index (χ4n) is 2.64. The Morgan fingerprint density at radius 3 is 2.48 bits per heavy atom. The minimum Gasteiger partial charge on any atom is -0.363 e. The van der Waals surface area contributed by atoms with Crippen LogP contribution in [-0.2, 0) is 11.3 Å². The highest BCUT2D eigenvalue weighted by Crippen LogP contribution is 2.24. The molecule has 2 heterocycles. The molecule has 0 unspecified atom stereocenters. The summed E-state index contributed by atoms with van der Waals surface area (Å²) in [6.07, 6.45) is 6.18. The molecule has 0 aliphatic rings. The van der Waals surface area contributed by atoms with Crippen molar-refractivity contribution in [1.82, 2.24) is 25.3 Å². The van der Waals surface area contributed by atoms with Crippen molar-refractivity contribution in [3.8, 4) is 5.69 Å². The van der Waals surface area contributed by atoms with Gasteiger partial charge in [-0.25, -0.2) is 9.07 Å². The van der Waals surface area contributed by atoms with Crippen molar-refractivity contribution < 1.29 is 9.18 Å². The second kappa shape index (κ2) is 11.8. The summed E-state index contributed by atoms with van der Waals surface area (Å²) in [4.78, 5) is 12.7. The predicted molar refractivity (Wildman–Crippen MR) is 125 cm³/mol. The number of halogens is 1. The SMILES string of the molecule is C=Cc1c(/C(=C\C)C(=O)NCc2nnc(NC)s2)cnn1-c1ccc(F)cc1.CCC. The zero-order valence-electron chi connectivity index (χ0n) is 18.1. The Morgan fingerprint density at radius 2 is 1.94 bits per heavy atom. The minimum atomic E-state index is -0.331. The first-order valence-corrected chi connectivity index (χ1v) is 10.7. The predicted octanol–water partition coefficient (Wildman–Crippen LogP) is 4.68. The smallest absolute Gasteiger partial charge is 0.252 e. The minimum absolute atomic E-state index is 0.259. The van der Waals surface area contributed by atoms with Crippen molar-refractivity contribution in [1.29, 1.82) is 0 Å². The van der Waals surface area contributed by atoms with E-state index in [1.165, 1.54) is 29.9 Å². The summed E-state index contributed by atoms with van der Waals surface area (Å²) in [6, 6.07) is 5.94. The summed E-state index contributed by atoms with van der Waals surface area (Å²) in [6.45, 7) is 10.1. The standard InChI is InChI=1S/C19H19FN6OS.C3H8/c1-4-14(18(27)22-11-17-24-25-19(21-3)28-17)15-10-23-26(16(15)5-2)13-8-6-12(20)7-9-13;1-3-2/h4-10H,2,11H2,1,3H3,(H,21,25)(H,22,27);3H2,1-2H3/b14-4+;. The van der Waals surface area contributed by atoms with Gasteiger partial charge in [-0.05, 0) is 37.3 Å². The van der Waals surface area contributed by atoms with Crippen LogP contribution < -0.4 is 10.6 Å². The third-order valence-electron chi connectivity index (χ3n) is 3.98. The van der Waals surface area contributed by atoms with Gasteiger partial charge in [0.2, 0.25) is 5.13 Å². The molecule has 0 aliphatic carbocycles. The van der Waals surface area contributed by atoms with Gasteiger partial charge in [-0.15, -0.1) is 10.2 Å². The molecule has 1 amide bonds. The number of rotatable bonds is 7. The number of allylic oxidation sites excluding steroid dienone is 1. The van der Waals surface area contributed by atoms with E-state index in [1.54, 1.807) is 49.1 Å². The van der Waals surface area contributed by atoms with Gasteiger partial charge in [-0.2, -0.15) is 5.10 Å². The molecule has 0 spiro atoms. The zero-order valence-corrected chi connectivity index (χ0v) is 19.0. The molecular weight excluding hydrogens is 415 g/mol. The topological polar surface area (TPSA) is 84.7 Å². The Hall–Kier alpha value is -3.33. The lowest BCUT2D eigenvalue weighted by atomic mass is 10.1. The number of hydrogen-bond donors (Lipinski definition) is 2. The van der Waals surface area contributed by atoms with Crippen molar-refractivity contribution in [2.45, 2.75) is 33.7 Å². The maximum atomic E-state index is 13.2. The van der Waals surface area contributed by atoms with E-state index in [2.05, 4.69) is 46.4 Å². The number of amides is 1. The van der Waals surface area contributed by atoms with E-state index in [4.69, 9.17) is 0 Å². The van der Waals surface area contributed by atoms with E-state index in [-0.39, 0.29) is 18.3 Å². The summed E-state index contributed by atoms with van der Waals surface area (Å²) in [7, 11) is 1.76. The maximum Gasteiger partial charge on any atom is 0.252 e. The van der Waals surface area contributed by atoms with Crippen LogP contribution in [0.25, 0.3) is 17.3 Å². The Bertz CT molecular complexity index is 1040. The average molecular weight is 443 g/mol. The molecule has 7 nitrogen and oxygen atoms in total. The largest absolute Gasteiger partial charge is 0.363 e. The van der Waals surface area contributed by atoms with Crippen LogP contribution in [0.3, 0.4) is 0 Å². The molecule has 0 atom stereocenters. The van der Waals surface area contributed by atoms with Crippen LogP contribution >= 0.6 is 11.3 Å². The Balaban J connectivity index is 0.00000107. The van der Waals surface area contributed by atoms with Gasteiger partial charge < -0.3 is 10.6 Å². The maximum absolute atomic E-state index is 13.2. The van der Waals surface area contributed by atoms with Gasteiger partial charge in [-0.1, -0.05) is 44.3 Å². The van der Waals surface area contributed by atoms with Crippen LogP contribution in [-0.4, -0.2) is 32.9 Å². The van der Waals surface area contributed by atoms with Crippen LogP contribution in [0.2, 0.25) is 0 Å². The number of nitrogens with one attached hydrogen (secondary N) is 2. The molecule has 0 bridgehead atoms. The van der Waals surface area contributed by atoms with Crippen LogP contribution in [0.15, 0.2) is 43.1 Å². The molecule has 164 valence electrons. The third-order valence-corrected chi connectivity index (χ3v) is 4.92. The van der Waals surface area contributed by atoms with E-state index < -0.39 is 0 Å². The molecule has 3 rings (SSSR count). The first-order valence-electron chi connectivity index (χ1n) is 9.90. The van der Waals surface area contributed by atoms with Crippen molar-refractivity contribution in [3.05, 3.63) is 65.2 Å². The van der Waals surface area contributed by atoms with Crippen molar-refractivity contribution in [2.75, 3.05) is 12.4 Å². The molecule has 0 fully saturated rings. The number of benzene rings is 1. The number of carbonyl (C=O) groups excluding carboxylic acids is 1. The molecule has 0 saturated carbocycles. The molecule has 2 aromatic heterocycles. The fraction of sp³-hybridized carbons (Fsp3) is 0.273. The van der Waals surface area contributed by atoms with Crippen LogP contribution in [0.5, 0.6) is 0 Å². The summed E-state index contributed by atoms with van der Waals surface area (Å²) in [5, 5.41) is 19.4. The summed E-state index contributed by atoms with van der Waals surface area (Å²) in [5.74, 6) is -0.589. The highest BCUT2D eigenvalue weighted by Gasteiger charge is 2.19. The molecule has 31 heavy (non-hydrogen) atoms. The molecule has 0 aliphatic heterocycles. The fourth-order valence-corrected chi connectivity index (χ4v) is 3.27. The molecule has 1 aromatic carbocycles. The van der Waals surface area contributed by atoms with Crippen molar-refractivity contribution in [3.63, 3.8) is 0 Å². The summed E-state index contributed by atoms with van der Waals surface area (Å²) in [5.41, 5.74) is 2.41. The van der Waals surface area contributed by atoms with E-state index in [0.29, 0.717) is 32.7 Å². The Labute approximate surface area is 185 Å². The second-order valence-corrected chi connectivity index (χ2v) is 7.44. The molecule has 0 saturated heterocycles. The Morgan fingerprint density at radius 1 is 1.26 bits per heavy atom. The first-order chi connectivity index (χ1) is 15.0. The highest BCUT2D eigenvalue weighted by atomic mass is 32.1. The van der Waals surface area contributed by atoms with Gasteiger partial charge >= 0.3 is 0 Å². The van der Waals surface area contributed by atoms with E-state index >= 15 is 0 Å². The normalized spacial score (nSPS) is 10.8. The summed E-state index contributed by atoms with van der Waals surface area (Å²) < 4.78 is 14.8. The molecular formula is C22H27FN6OS. The van der Waals surface area contributed by atoms with Gasteiger partial charge in [0.25, 0.3) is 5.91 Å². The highest BCUT2D eigenvalue weighted by molar-refractivity contribution is 7.15. The van der Waals surface area contributed by atoms with E-state index in [1.807, 2.05) is 0 Å². The molecule has 0 radical (unpaired) electrons. The van der Waals surface area contributed by atoms with Crippen LogP contribution in [0.4, 0.5) is 9.52 Å². The number of aromatic nitrogens is 4. The first kappa shape index (κ1) is 23.9. The lowest BCUT2D eigenvalue weighted by Gasteiger charge is -2.09. The van der Waals surface area contributed by atoms with E-state index in [0.717, 1.165) is 0 Å². The van der Waals surface area contributed by atoms with Gasteiger partial charge in [0.1, 0.15) is 10.8 Å². The lowest BCUT2D eigenvalue weighted by molar-refractivity contribution is -0.115. The number of anilines is 1. The average Bonchev–Trinajstić information content (AvgIpc) is 3.41. The zero-order chi connectivity index (χ0) is 22.8. The molecule has 9 heteroatoms. The monoisotopic (exact) mass is 442 g/mol. The van der Waals surface area contributed by atoms with Crippen molar-refractivity contribution in [2.24, 2.45) is 0 Å². The quantitative estimate of drug-likeness (QED) is 0.519. The lowest BCUT2D eigenvalue weighted by Crippen LogP contribution is -2.24.